The van der Waals surface area contributed by atoms with E-state index in [1.54, 1.807) is 11.1 Å². The average molecular weight is 549 g/mol. The van der Waals surface area contributed by atoms with E-state index in [2.05, 4.69) is 52.2 Å². The highest BCUT2D eigenvalue weighted by Crippen LogP contribution is 2.41. The Hall–Kier alpha value is -3.95. The molecule has 2 N–H and O–H groups in total. The molecule has 0 spiro atoms. The predicted octanol–water partition coefficient (Wildman–Crippen LogP) is 5.27. The fraction of sp³-hybridized carbons (Fsp3) is 0.500. The van der Waals surface area contributed by atoms with Crippen LogP contribution in [0.4, 0.5) is 10.5 Å². The number of piperazine rings is 1. The monoisotopic (exact) mass is 548 g/mol. The summed E-state index contributed by atoms with van der Waals surface area (Å²) >= 11 is 0. The van der Waals surface area contributed by atoms with Crippen LogP contribution in [-0.2, 0) is 12.0 Å². The molecule has 1 saturated heterocycles. The highest BCUT2D eigenvalue weighted by molar-refractivity contribution is 5.90. The third-order valence-corrected chi connectivity index (χ3v) is 8.04. The second-order valence-corrected chi connectivity index (χ2v) is 12.8. The number of nitrogens with zero attached hydrogens (tertiary/aromatic N) is 5. The van der Waals surface area contributed by atoms with Gasteiger partial charge < -0.3 is 19.8 Å². The Bertz CT molecular complexity index is 1400. The number of hydrogen-bond donors (Lipinski definition) is 2. The van der Waals surface area contributed by atoms with Gasteiger partial charge in [-0.15, -0.1) is 0 Å². The SMILES string of the molecule is Cc1cc(-c2ccncc2N2CCN(C(=O)O)C(C)(C(C)(C)C)C2)ccc1CNC(=O)c1noc(C(C)(C)C)n1. The van der Waals surface area contributed by atoms with Crippen LogP contribution in [-0.4, -0.2) is 62.3 Å². The number of anilines is 1. The highest BCUT2D eigenvalue weighted by atomic mass is 16.5. The van der Waals surface area contributed by atoms with E-state index in [1.807, 2.05) is 59.0 Å². The number of rotatable bonds is 5. The Kier molecular flexibility index (Phi) is 7.66. The van der Waals surface area contributed by atoms with Crippen molar-refractivity contribution in [1.82, 2.24) is 25.3 Å². The molecule has 0 radical (unpaired) electrons. The van der Waals surface area contributed by atoms with Crippen molar-refractivity contribution in [2.24, 2.45) is 5.41 Å². The van der Waals surface area contributed by atoms with Gasteiger partial charge in [0.2, 0.25) is 5.89 Å². The van der Waals surface area contributed by atoms with Gasteiger partial charge in [0.25, 0.3) is 11.7 Å². The first-order valence-corrected chi connectivity index (χ1v) is 13.5. The highest BCUT2D eigenvalue weighted by Gasteiger charge is 2.49. The summed E-state index contributed by atoms with van der Waals surface area (Å²) < 4.78 is 5.24. The minimum atomic E-state index is -0.893. The minimum absolute atomic E-state index is 0.0193. The zero-order valence-electron chi connectivity index (χ0n) is 24.7. The van der Waals surface area contributed by atoms with Crippen molar-refractivity contribution in [2.45, 2.75) is 72.9 Å². The second-order valence-electron chi connectivity index (χ2n) is 12.8. The molecule has 4 rings (SSSR count). The Morgan fingerprint density at radius 3 is 2.45 bits per heavy atom. The standard InChI is InChI=1S/C30H40N6O4/c1-19-15-20(9-10-21(19)16-32-25(37)24-33-26(40-34-24)28(2,3)4)22-11-12-31-17-23(22)35-13-14-36(27(38)39)30(8,18-35)29(5,6)7/h9-12,15,17H,13-14,16,18H2,1-8H3,(H,32,37)(H,38,39). The lowest BCUT2D eigenvalue weighted by atomic mass is 9.72. The number of nitrogens with one attached hydrogen (secondary N) is 1. The van der Waals surface area contributed by atoms with Gasteiger partial charge in [0.1, 0.15) is 0 Å². The number of carbonyl (C=O) groups is 2. The number of carboxylic acid groups (broad SMARTS) is 1. The molecule has 1 aromatic carbocycles. The molecule has 0 bridgehead atoms. The fourth-order valence-corrected chi connectivity index (χ4v) is 4.98. The molecule has 2 aromatic heterocycles. The lowest BCUT2D eigenvalue weighted by molar-refractivity contribution is 0.00747. The third-order valence-electron chi connectivity index (χ3n) is 8.04. The van der Waals surface area contributed by atoms with Crippen molar-refractivity contribution in [3.63, 3.8) is 0 Å². The first-order valence-electron chi connectivity index (χ1n) is 13.5. The van der Waals surface area contributed by atoms with Gasteiger partial charge in [-0.25, -0.2) is 4.79 Å². The summed E-state index contributed by atoms with van der Waals surface area (Å²) in [4.78, 5) is 37.2. The molecule has 10 heteroatoms. The number of hydrogen-bond acceptors (Lipinski definition) is 7. The van der Waals surface area contributed by atoms with Crippen LogP contribution in [0.2, 0.25) is 0 Å². The Labute approximate surface area is 235 Å². The minimum Gasteiger partial charge on any atom is -0.465 e. The topological polar surface area (TPSA) is 125 Å². The number of pyridine rings is 1. The van der Waals surface area contributed by atoms with Crippen LogP contribution >= 0.6 is 0 Å². The van der Waals surface area contributed by atoms with Crippen LogP contribution in [0.5, 0.6) is 0 Å². The molecule has 0 saturated carbocycles. The van der Waals surface area contributed by atoms with E-state index < -0.39 is 11.6 Å². The van der Waals surface area contributed by atoms with Gasteiger partial charge in [-0.1, -0.05) is 64.9 Å². The Morgan fingerprint density at radius 2 is 1.85 bits per heavy atom. The summed E-state index contributed by atoms with van der Waals surface area (Å²) in [5.74, 6) is 0.0472. The van der Waals surface area contributed by atoms with E-state index in [0.29, 0.717) is 32.1 Å². The maximum Gasteiger partial charge on any atom is 0.407 e. The van der Waals surface area contributed by atoms with Gasteiger partial charge in [0.15, 0.2) is 0 Å². The van der Waals surface area contributed by atoms with Gasteiger partial charge in [0.05, 0.1) is 17.4 Å². The third kappa shape index (κ3) is 5.66. The Morgan fingerprint density at radius 1 is 1.12 bits per heavy atom. The number of aryl methyl sites for hydroxylation is 1. The lowest BCUT2D eigenvalue weighted by Crippen LogP contribution is -2.67. The molecule has 214 valence electrons. The maximum atomic E-state index is 12.6. The smallest absolute Gasteiger partial charge is 0.407 e. The van der Waals surface area contributed by atoms with Crippen LogP contribution in [0.3, 0.4) is 0 Å². The second kappa shape index (κ2) is 10.6. The number of amides is 2. The number of benzene rings is 1. The molecule has 1 aliphatic rings. The van der Waals surface area contributed by atoms with E-state index in [1.165, 1.54) is 0 Å². The molecule has 40 heavy (non-hydrogen) atoms. The molecule has 2 amide bonds. The molecule has 1 fully saturated rings. The molecular weight excluding hydrogens is 508 g/mol. The quantitative estimate of drug-likeness (QED) is 0.442. The zero-order chi connectivity index (χ0) is 29.5. The van der Waals surface area contributed by atoms with Crippen molar-refractivity contribution in [3.05, 3.63) is 59.5 Å². The van der Waals surface area contributed by atoms with Crippen LogP contribution in [0, 0.1) is 12.3 Å². The molecule has 3 heterocycles. The van der Waals surface area contributed by atoms with E-state index in [9.17, 15) is 14.7 Å². The maximum absolute atomic E-state index is 12.6. The van der Waals surface area contributed by atoms with Gasteiger partial charge in [0, 0.05) is 43.4 Å². The van der Waals surface area contributed by atoms with Crippen molar-refractivity contribution in [1.29, 1.82) is 0 Å². The van der Waals surface area contributed by atoms with Crippen molar-refractivity contribution in [3.8, 4) is 11.1 Å². The summed E-state index contributed by atoms with van der Waals surface area (Å²) in [6.45, 7) is 18.0. The van der Waals surface area contributed by atoms with E-state index in [-0.39, 0.29) is 22.6 Å². The average Bonchev–Trinajstić information content (AvgIpc) is 3.38. The van der Waals surface area contributed by atoms with Crippen molar-refractivity contribution < 1.29 is 19.2 Å². The predicted molar refractivity (Wildman–Crippen MR) is 153 cm³/mol. The molecule has 1 unspecified atom stereocenters. The summed E-state index contributed by atoms with van der Waals surface area (Å²) in [7, 11) is 0. The molecule has 3 aromatic rings. The Balaban J connectivity index is 1.54. The van der Waals surface area contributed by atoms with Crippen molar-refractivity contribution in [2.75, 3.05) is 24.5 Å². The van der Waals surface area contributed by atoms with Gasteiger partial charge >= 0.3 is 6.09 Å². The van der Waals surface area contributed by atoms with Crippen LogP contribution in [0.1, 0.15) is 76.1 Å². The van der Waals surface area contributed by atoms with Crippen LogP contribution in [0.15, 0.2) is 41.2 Å². The summed E-state index contributed by atoms with van der Waals surface area (Å²) in [6.07, 6.45) is 2.74. The van der Waals surface area contributed by atoms with Crippen LogP contribution in [0.25, 0.3) is 11.1 Å². The summed E-state index contributed by atoms with van der Waals surface area (Å²) in [5, 5.41) is 16.6. The normalized spacial score (nSPS) is 18.1. The van der Waals surface area contributed by atoms with Crippen molar-refractivity contribution >= 4 is 17.7 Å². The van der Waals surface area contributed by atoms with Gasteiger partial charge in [-0.3, -0.25) is 14.7 Å². The van der Waals surface area contributed by atoms with Gasteiger partial charge in [-0.05, 0) is 42.0 Å². The van der Waals surface area contributed by atoms with Crippen LogP contribution < -0.4 is 10.2 Å². The molecule has 0 aliphatic carbocycles. The number of carbonyl (C=O) groups excluding carboxylic acids is 1. The van der Waals surface area contributed by atoms with E-state index in [0.717, 1.165) is 27.9 Å². The first kappa shape index (κ1) is 29.0. The van der Waals surface area contributed by atoms with E-state index in [4.69, 9.17) is 4.52 Å². The fourth-order valence-electron chi connectivity index (χ4n) is 4.98. The lowest BCUT2D eigenvalue weighted by Gasteiger charge is -2.55. The summed E-state index contributed by atoms with van der Waals surface area (Å²) in [5.41, 5.74) is 3.82. The number of aromatic nitrogens is 3. The zero-order valence-corrected chi connectivity index (χ0v) is 24.7. The van der Waals surface area contributed by atoms with Gasteiger partial charge in [-0.2, -0.15) is 4.98 Å². The molecular formula is C30H40N6O4. The largest absolute Gasteiger partial charge is 0.465 e. The molecule has 1 aliphatic heterocycles. The van der Waals surface area contributed by atoms with E-state index >= 15 is 0 Å². The molecule has 10 nitrogen and oxygen atoms in total. The summed E-state index contributed by atoms with van der Waals surface area (Å²) in [6, 6.07) is 8.14. The first-order chi connectivity index (χ1) is 18.6. The molecule has 1 atom stereocenters.